The van der Waals surface area contributed by atoms with Crippen LogP contribution in [-0.4, -0.2) is 41.6 Å². The summed E-state index contributed by atoms with van der Waals surface area (Å²) >= 11 is 0. The van der Waals surface area contributed by atoms with Crippen LogP contribution in [-0.2, 0) is 16.2 Å². The number of benzene rings is 1. The van der Waals surface area contributed by atoms with Crippen LogP contribution in [0.15, 0.2) is 47.1 Å². The van der Waals surface area contributed by atoms with Crippen molar-refractivity contribution < 1.29 is 28.6 Å². The minimum Gasteiger partial charge on any atom is -0.482 e. The van der Waals surface area contributed by atoms with Gasteiger partial charge in [-0.1, -0.05) is 6.07 Å². The highest BCUT2D eigenvalue weighted by Crippen LogP contribution is 2.31. The summed E-state index contributed by atoms with van der Waals surface area (Å²) < 4.78 is 16.3. The maximum absolute atomic E-state index is 12.3. The van der Waals surface area contributed by atoms with Crippen LogP contribution in [0.4, 0.5) is 0 Å². The topological polar surface area (TPSA) is 89.2 Å². The highest BCUT2D eigenvalue weighted by Gasteiger charge is 2.12. The van der Waals surface area contributed by atoms with Gasteiger partial charge in [0.15, 0.2) is 18.1 Å². The largest absolute Gasteiger partial charge is 0.482 e. The predicted molar refractivity (Wildman–Crippen MR) is 104 cm³/mol. The summed E-state index contributed by atoms with van der Waals surface area (Å²) in [6, 6.07) is 8.69. The summed E-state index contributed by atoms with van der Waals surface area (Å²) in [5, 5.41) is 8.92. The number of carboxylic acids is 1. The third kappa shape index (κ3) is 5.90. The molecule has 7 heteroatoms. The molecular weight excluding hydrogens is 362 g/mol. The fourth-order valence-corrected chi connectivity index (χ4v) is 2.56. The molecule has 0 aliphatic carbocycles. The standard InChI is InChI=1S/C21H25NO6/c1-4-22(5-2)20(23)11-15(3)16-8-9-18(19(12-16)28-14-21(24)25)27-13-17-7-6-10-26-17/h6-12H,4-5,13-14H2,1-3H3,(H,24,25)/b15-11+. The molecule has 0 unspecified atom stereocenters. The number of rotatable bonds is 10. The molecule has 150 valence electrons. The quantitative estimate of drug-likeness (QED) is 0.627. The van der Waals surface area contributed by atoms with Gasteiger partial charge in [-0.05, 0) is 56.2 Å². The summed E-state index contributed by atoms with van der Waals surface area (Å²) in [6.45, 7) is 6.62. The molecule has 2 aromatic rings. The lowest BCUT2D eigenvalue weighted by atomic mass is 10.1. The smallest absolute Gasteiger partial charge is 0.341 e. The van der Waals surface area contributed by atoms with Crippen molar-refractivity contribution in [1.29, 1.82) is 0 Å². The van der Waals surface area contributed by atoms with Gasteiger partial charge >= 0.3 is 5.97 Å². The van der Waals surface area contributed by atoms with E-state index in [-0.39, 0.29) is 18.3 Å². The highest BCUT2D eigenvalue weighted by atomic mass is 16.5. The van der Waals surface area contributed by atoms with Gasteiger partial charge in [0.05, 0.1) is 6.26 Å². The lowest BCUT2D eigenvalue weighted by molar-refractivity contribution is -0.139. The summed E-state index contributed by atoms with van der Waals surface area (Å²) in [7, 11) is 0. The monoisotopic (exact) mass is 387 g/mol. The summed E-state index contributed by atoms with van der Waals surface area (Å²) in [5.41, 5.74) is 1.49. The zero-order chi connectivity index (χ0) is 20.5. The molecule has 0 saturated heterocycles. The zero-order valence-corrected chi connectivity index (χ0v) is 16.3. The Bertz CT molecular complexity index is 821. The average molecular weight is 387 g/mol. The van der Waals surface area contributed by atoms with E-state index in [0.29, 0.717) is 24.6 Å². The van der Waals surface area contributed by atoms with E-state index in [9.17, 15) is 9.59 Å². The molecule has 0 bridgehead atoms. The van der Waals surface area contributed by atoms with Crippen molar-refractivity contribution in [1.82, 2.24) is 4.90 Å². The van der Waals surface area contributed by atoms with Gasteiger partial charge in [-0.2, -0.15) is 0 Å². The van der Waals surface area contributed by atoms with E-state index in [1.807, 2.05) is 20.8 Å². The Morgan fingerprint density at radius 3 is 2.50 bits per heavy atom. The lowest BCUT2D eigenvalue weighted by Crippen LogP contribution is -2.28. The molecule has 0 aliphatic heterocycles. The number of hydrogen-bond acceptors (Lipinski definition) is 5. The number of allylic oxidation sites excluding steroid dienone is 1. The second-order valence-corrected chi connectivity index (χ2v) is 6.05. The molecule has 0 aliphatic rings. The Morgan fingerprint density at radius 1 is 1.14 bits per heavy atom. The average Bonchev–Trinajstić information content (AvgIpc) is 3.19. The van der Waals surface area contributed by atoms with Crippen LogP contribution in [0.5, 0.6) is 11.5 Å². The van der Waals surface area contributed by atoms with Gasteiger partial charge in [-0.25, -0.2) is 4.79 Å². The second kappa shape index (κ2) is 10.2. The van der Waals surface area contributed by atoms with Crippen molar-refractivity contribution in [2.75, 3.05) is 19.7 Å². The van der Waals surface area contributed by atoms with Crippen LogP contribution in [0.1, 0.15) is 32.1 Å². The summed E-state index contributed by atoms with van der Waals surface area (Å²) in [5.74, 6) is 0.146. The molecule has 0 fully saturated rings. The van der Waals surface area contributed by atoms with Crippen molar-refractivity contribution in [2.45, 2.75) is 27.4 Å². The highest BCUT2D eigenvalue weighted by molar-refractivity contribution is 5.95. The molecular formula is C21H25NO6. The number of carboxylic acid groups (broad SMARTS) is 1. The van der Waals surface area contributed by atoms with Crippen molar-refractivity contribution in [3.8, 4) is 11.5 Å². The fraction of sp³-hybridized carbons (Fsp3) is 0.333. The molecule has 1 aromatic heterocycles. The van der Waals surface area contributed by atoms with Crippen LogP contribution in [0.2, 0.25) is 0 Å². The normalized spacial score (nSPS) is 11.2. The number of hydrogen-bond donors (Lipinski definition) is 1. The van der Waals surface area contributed by atoms with E-state index in [1.165, 1.54) is 0 Å². The third-order valence-corrected chi connectivity index (χ3v) is 4.12. The van der Waals surface area contributed by atoms with Crippen molar-refractivity contribution in [2.24, 2.45) is 0 Å². The third-order valence-electron chi connectivity index (χ3n) is 4.12. The van der Waals surface area contributed by atoms with Crippen molar-refractivity contribution in [3.63, 3.8) is 0 Å². The molecule has 2 rings (SSSR count). The number of nitrogens with zero attached hydrogens (tertiary/aromatic N) is 1. The Kier molecular flexibility index (Phi) is 7.68. The van der Waals surface area contributed by atoms with E-state index in [2.05, 4.69) is 0 Å². The Morgan fingerprint density at radius 2 is 1.89 bits per heavy atom. The van der Waals surface area contributed by atoms with Gasteiger partial charge in [0.2, 0.25) is 5.91 Å². The number of carbonyl (C=O) groups is 2. The first-order valence-corrected chi connectivity index (χ1v) is 9.06. The van der Waals surface area contributed by atoms with Crippen molar-refractivity contribution >= 4 is 17.4 Å². The molecule has 0 spiro atoms. The first-order chi connectivity index (χ1) is 13.4. The number of likely N-dealkylation sites (N-methyl/N-ethyl adjacent to an activating group) is 1. The van der Waals surface area contributed by atoms with Gasteiger partial charge in [0.1, 0.15) is 12.4 Å². The minimum absolute atomic E-state index is 0.0753. The summed E-state index contributed by atoms with van der Waals surface area (Å²) in [6.07, 6.45) is 3.11. The van der Waals surface area contributed by atoms with E-state index >= 15 is 0 Å². The minimum atomic E-state index is -1.09. The first-order valence-electron chi connectivity index (χ1n) is 9.06. The van der Waals surface area contributed by atoms with E-state index < -0.39 is 12.6 Å². The van der Waals surface area contributed by atoms with Gasteiger partial charge < -0.3 is 23.9 Å². The Hall–Kier alpha value is -3.22. The predicted octanol–water partition coefficient (Wildman–Crippen LogP) is 3.59. The van der Waals surface area contributed by atoms with E-state index in [1.54, 1.807) is 47.6 Å². The van der Waals surface area contributed by atoms with Gasteiger partial charge in [0, 0.05) is 19.2 Å². The van der Waals surface area contributed by atoms with Crippen LogP contribution < -0.4 is 9.47 Å². The van der Waals surface area contributed by atoms with Crippen LogP contribution >= 0.6 is 0 Å². The van der Waals surface area contributed by atoms with Gasteiger partial charge in [-0.15, -0.1) is 0 Å². The van der Waals surface area contributed by atoms with Crippen LogP contribution in [0.3, 0.4) is 0 Å². The number of ether oxygens (including phenoxy) is 2. The maximum atomic E-state index is 12.3. The molecule has 0 atom stereocenters. The fourth-order valence-electron chi connectivity index (χ4n) is 2.56. The molecule has 1 amide bonds. The first kappa shape index (κ1) is 21.1. The Balaban J connectivity index is 2.23. The lowest BCUT2D eigenvalue weighted by Gasteiger charge is -2.17. The van der Waals surface area contributed by atoms with Crippen LogP contribution in [0.25, 0.3) is 5.57 Å². The number of aliphatic carboxylic acids is 1. The number of carbonyl (C=O) groups excluding carboxylic acids is 1. The molecule has 1 heterocycles. The molecule has 0 saturated carbocycles. The SMILES string of the molecule is CCN(CC)C(=O)/C=C(\C)c1ccc(OCc2ccco2)c(OCC(=O)O)c1. The second-order valence-electron chi connectivity index (χ2n) is 6.05. The van der Waals surface area contributed by atoms with E-state index in [0.717, 1.165) is 11.1 Å². The van der Waals surface area contributed by atoms with Crippen molar-refractivity contribution in [3.05, 3.63) is 54.0 Å². The van der Waals surface area contributed by atoms with E-state index in [4.69, 9.17) is 19.0 Å². The number of furan rings is 1. The van der Waals surface area contributed by atoms with Crippen LogP contribution in [0, 0.1) is 0 Å². The molecule has 1 N–H and O–H groups in total. The van der Waals surface area contributed by atoms with Gasteiger partial charge in [0.25, 0.3) is 0 Å². The molecule has 1 aromatic carbocycles. The number of amides is 1. The Labute approximate surface area is 164 Å². The maximum Gasteiger partial charge on any atom is 0.341 e. The molecule has 0 radical (unpaired) electrons. The molecule has 28 heavy (non-hydrogen) atoms. The zero-order valence-electron chi connectivity index (χ0n) is 16.3. The summed E-state index contributed by atoms with van der Waals surface area (Å²) in [4.78, 5) is 24.9. The molecule has 7 nitrogen and oxygen atoms in total. The van der Waals surface area contributed by atoms with Gasteiger partial charge in [-0.3, -0.25) is 4.79 Å².